The van der Waals surface area contributed by atoms with E-state index in [4.69, 9.17) is 21.5 Å². The molecule has 1 fully saturated rings. The fourth-order valence-corrected chi connectivity index (χ4v) is 3.92. The quantitative estimate of drug-likeness (QED) is 0.179. The van der Waals surface area contributed by atoms with Gasteiger partial charge in [0, 0.05) is 11.1 Å². The predicted molar refractivity (Wildman–Crippen MR) is 120 cm³/mol. The van der Waals surface area contributed by atoms with Gasteiger partial charge in [-0.1, -0.05) is 34.5 Å². The van der Waals surface area contributed by atoms with Crippen LogP contribution < -0.4 is 0 Å². The van der Waals surface area contributed by atoms with E-state index in [1.165, 1.54) is 13.8 Å². The minimum Gasteiger partial charge on any atom is -0.507 e. The molecule has 0 bridgehead atoms. The van der Waals surface area contributed by atoms with Gasteiger partial charge < -0.3 is 30.4 Å². The Kier molecular flexibility index (Phi) is 7.78. The van der Waals surface area contributed by atoms with Crippen molar-refractivity contribution in [2.75, 3.05) is 0 Å². The Morgan fingerprint density at radius 2 is 1.84 bits per heavy atom. The highest BCUT2D eigenvalue weighted by Crippen LogP contribution is 2.41. The van der Waals surface area contributed by atoms with E-state index in [9.17, 15) is 25.2 Å². The first-order valence-corrected chi connectivity index (χ1v) is 10.5. The van der Waals surface area contributed by atoms with Crippen LogP contribution >= 0.6 is 11.6 Å². The molecule has 9 heteroatoms. The minimum absolute atomic E-state index is 0.0653. The maximum atomic E-state index is 12.5. The molecule has 1 aromatic rings. The van der Waals surface area contributed by atoms with Gasteiger partial charge in [0.1, 0.15) is 17.1 Å². The summed E-state index contributed by atoms with van der Waals surface area (Å²) >= 11 is 6.13. The van der Waals surface area contributed by atoms with Crippen molar-refractivity contribution in [1.29, 1.82) is 0 Å². The van der Waals surface area contributed by atoms with E-state index in [-0.39, 0.29) is 34.1 Å². The molecule has 2 unspecified atom stereocenters. The van der Waals surface area contributed by atoms with Gasteiger partial charge in [0.15, 0.2) is 11.9 Å². The number of nitrogens with zero attached hydrogens (tertiary/aromatic N) is 1. The van der Waals surface area contributed by atoms with Crippen LogP contribution in [0.4, 0.5) is 0 Å². The SMILES string of the molecule is C/C(=C\Cc1c(O)c(Cl)c(C)c(C=NO)c1O)CC/C=C(\C)C1(O)C(=O)C(C)(C)OC1O. The molecule has 1 heterocycles. The molecule has 176 valence electrons. The van der Waals surface area contributed by atoms with E-state index in [1.54, 1.807) is 26.0 Å². The van der Waals surface area contributed by atoms with Crippen LogP contribution in [-0.2, 0) is 16.0 Å². The van der Waals surface area contributed by atoms with E-state index in [0.717, 1.165) is 11.8 Å². The molecule has 1 aliphatic rings. The van der Waals surface area contributed by atoms with Crippen molar-refractivity contribution in [3.63, 3.8) is 0 Å². The van der Waals surface area contributed by atoms with E-state index in [1.807, 2.05) is 6.92 Å². The molecule has 1 saturated heterocycles. The van der Waals surface area contributed by atoms with Crippen molar-refractivity contribution in [2.24, 2.45) is 5.16 Å². The van der Waals surface area contributed by atoms with Gasteiger partial charge in [0.25, 0.3) is 0 Å². The Balaban J connectivity index is 2.14. The zero-order valence-corrected chi connectivity index (χ0v) is 19.6. The molecule has 0 spiro atoms. The molecule has 8 nitrogen and oxygen atoms in total. The molecule has 2 rings (SSSR count). The van der Waals surface area contributed by atoms with E-state index < -0.39 is 23.3 Å². The number of aliphatic hydroxyl groups excluding tert-OH is 1. The zero-order valence-electron chi connectivity index (χ0n) is 18.8. The van der Waals surface area contributed by atoms with Gasteiger partial charge in [-0.3, -0.25) is 4.79 Å². The van der Waals surface area contributed by atoms with Crippen LogP contribution in [0.5, 0.6) is 11.5 Å². The maximum Gasteiger partial charge on any atom is 0.205 e. The number of benzene rings is 1. The first-order valence-electron chi connectivity index (χ1n) is 10.1. The summed E-state index contributed by atoms with van der Waals surface area (Å²) in [4.78, 5) is 12.5. The Morgan fingerprint density at radius 3 is 2.38 bits per heavy atom. The summed E-state index contributed by atoms with van der Waals surface area (Å²) in [7, 11) is 0. The Hall–Kier alpha value is -2.39. The summed E-state index contributed by atoms with van der Waals surface area (Å²) in [5, 5.41) is 53.4. The van der Waals surface area contributed by atoms with Crippen molar-refractivity contribution >= 4 is 23.6 Å². The van der Waals surface area contributed by atoms with Crippen LogP contribution in [0.25, 0.3) is 0 Å². The second kappa shape index (κ2) is 9.62. The van der Waals surface area contributed by atoms with Crippen LogP contribution in [0.2, 0.25) is 5.02 Å². The van der Waals surface area contributed by atoms with Gasteiger partial charge in [-0.05, 0) is 65.0 Å². The lowest BCUT2D eigenvalue weighted by Gasteiger charge is -2.24. The van der Waals surface area contributed by atoms with Crippen LogP contribution in [0.3, 0.4) is 0 Å². The fourth-order valence-electron chi connectivity index (χ4n) is 3.70. The number of carbonyl (C=O) groups excluding carboxylic acids is 1. The average molecular weight is 468 g/mol. The maximum absolute atomic E-state index is 12.5. The number of allylic oxidation sites excluding steroid dienone is 3. The highest BCUT2D eigenvalue weighted by atomic mass is 35.5. The summed E-state index contributed by atoms with van der Waals surface area (Å²) in [6.07, 6.45) is 4.13. The number of halogens is 1. The third-order valence-corrected chi connectivity index (χ3v) is 6.32. The average Bonchev–Trinajstić information content (AvgIpc) is 2.89. The number of aliphatic hydroxyl groups is 2. The van der Waals surface area contributed by atoms with Gasteiger partial charge in [0.05, 0.1) is 11.2 Å². The number of ketones is 1. The molecule has 32 heavy (non-hydrogen) atoms. The van der Waals surface area contributed by atoms with E-state index in [0.29, 0.717) is 24.0 Å². The van der Waals surface area contributed by atoms with Gasteiger partial charge in [-0.2, -0.15) is 0 Å². The molecule has 1 aliphatic heterocycles. The van der Waals surface area contributed by atoms with Crippen LogP contribution in [0.15, 0.2) is 28.5 Å². The monoisotopic (exact) mass is 467 g/mol. The Bertz CT molecular complexity index is 997. The number of hydrogen-bond donors (Lipinski definition) is 5. The first kappa shape index (κ1) is 25.9. The fraction of sp³-hybridized carbons (Fsp3) is 0.478. The van der Waals surface area contributed by atoms with Crippen molar-refractivity contribution < 1.29 is 35.2 Å². The van der Waals surface area contributed by atoms with E-state index in [2.05, 4.69) is 5.16 Å². The van der Waals surface area contributed by atoms with Crippen molar-refractivity contribution in [3.8, 4) is 11.5 Å². The zero-order chi connectivity index (χ0) is 24.4. The topological polar surface area (TPSA) is 140 Å². The summed E-state index contributed by atoms with van der Waals surface area (Å²) < 4.78 is 5.20. The molecule has 2 atom stereocenters. The number of ether oxygens (including phenoxy) is 1. The van der Waals surface area contributed by atoms with Crippen molar-refractivity contribution in [3.05, 3.63) is 45.0 Å². The molecular formula is C23H30ClNO7. The van der Waals surface area contributed by atoms with Crippen LogP contribution in [0, 0.1) is 6.92 Å². The summed E-state index contributed by atoms with van der Waals surface area (Å²) in [5.41, 5.74) is -1.33. The number of Topliss-reactive ketones (excluding diaryl/α,β-unsaturated/α-hetero) is 1. The number of aromatic hydroxyl groups is 2. The Labute approximate surface area is 192 Å². The molecule has 0 aliphatic carbocycles. The molecule has 0 saturated carbocycles. The largest absolute Gasteiger partial charge is 0.507 e. The standard InChI is InChI=1S/C23H30ClNO7/c1-12(7-6-8-13(2)23(30)20(28)22(4,5)32-21(23)29)9-10-15-18(26)16(11-25-31)14(3)17(24)19(15)27/h8-9,11,21,26-27,29-31H,6-7,10H2,1-5H3/b12-9+,13-8+,25-11?. The third kappa shape index (κ3) is 4.68. The molecule has 0 radical (unpaired) electrons. The van der Waals surface area contributed by atoms with Gasteiger partial charge in [-0.15, -0.1) is 0 Å². The smallest absolute Gasteiger partial charge is 0.205 e. The number of hydrogen-bond acceptors (Lipinski definition) is 8. The Morgan fingerprint density at radius 1 is 1.22 bits per heavy atom. The highest BCUT2D eigenvalue weighted by molar-refractivity contribution is 6.33. The lowest BCUT2D eigenvalue weighted by Crippen LogP contribution is -2.47. The normalized spacial score (nSPS) is 24.0. The molecule has 1 aromatic carbocycles. The number of phenols is 2. The molecule has 5 N–H and O–H groups in total. The molecular weight excluding hydrogens is 438 g/mol. The first-order chi connectivity index (χ1) is 14.8. The van der Waals surface area contributed by atoms with Gasteiger partial charge >= 0.3 is 0 Å². The van der Waals surface area contributed by atoms with Gasteiger partial charge in [0.2, 0.25) is 5.78 Å². The number of phenolic OH excluding ortho intramolecular Hbond substituents is 2. The summed E-state index contributed by atoms with van der Waals surface area (Å²) in [5.74, 6) is -1.06. The summed E-state index contributed by atoms with van der Waals surface area (Å²) in [6.45, 7) is 8.01. The van der Waals surface area contributed by atoms with E-state index >= 15 is 0 Å². The van der Waals surface area contributed by atoms with Crippen molar-refractivity contribution in [1.82, 2.24) is 0 Å². The second-order valence-corrected chi connectivity index (χ2v) is 8.91. The highest BCUT2D eigenvalue weighted by Gasteiger charge is 2.59. The molecule has 0 aromatic heterocycles. The predicted octanol–water partition coefficient (Wildman–Crippen LogP) is 3.51. The van der Waals surface area contributed by atoms with Crippen LogP contribution in [0.1, 0.15) is 57.2 Å². The second-order valence-electron chi connectivity index (χ2n) is 8.53. The minimum atomic E-state index is -2.08. The lowest BCUT2D eigenvalue weighted by molar-refractivity contribution is -0.170. The third-order valence-electron chi connectivity index (χ3n) is 5.86. The number of carbonyl (C=O) groups is 1. The van der Waals surface area contributed by atoms with Crippen molar-refractivity contribution in [2.45, 2.75) is 71.4 Å². The lowest BCUT2D eigenvalue weighted by atomic mass is 9.84. The number of rotatable bonds is 7. The number of oxime groups is 1. The summed E-state index contributed by atoms with van der Waals surface area (Å²) in [6, 6.07) is 0. The van der Waals surface area contributed by atoms with Gasteiger partial charge in [-0.25, -0.2) is 0 Å². The molecule has 0 amide bonds. The van der Waals surface area contributed by atoms with Crippen LogP contribution in [-0.4, -0.2) is 55.1 Å².